The first-order valence-electron chi connectivity index (χ1n) is 6.19. The summed E-state index contributed by atoms with van der Waals surface area (Å²) in [5, 5.41) is 0. The number of anilines is 1. The molecule has 2 rings (SSSR count). The van der Waals surface area contributed by atoms with Crippen LogP contribution in [0.15, 0.2) is 41.3 Å². The van der Waals surface area contributed by atoms with Gasteiger partial charge in [-0.15, -0.1) is 0 Å². The first-order chi connectivity index (χ1) is 10.0. The van der Waals surface area contributed by atoms with E-state index in [1.54, 1.807) is 25.3 Å². The van der Waals surface area contributed by atoms with Gasteiger partial charge in [0.25, 0.3) is 0 Å². The van der Waals surface area contributed by atoms with Crippen molar-refractivity contribution in [3.05, 3.63) is 47.8 Å². The Bertz CT molecular complexity index is 656. The minimum Gasteiger partial charge on any atom is -0.493 e. The van der Waals surface area contributed by atoms with Gasteiger partial charge < -0.3 is 15.2 Å². The van der Waals surface area contributed by atoms with Gasteiger partial charge in [-0.1, -0.05) is 6.07 Å². The van der Waals surface area contributed by atoms with Gasteiger partial charge in [0, 0.05) is 10.6 Å². The molecule has 2 aromatic rings. The predicted octanol–water partition coefficient (Wildman–Crippen LogP) is 2.73. The van der Waals surface area contributed by atoms with Crippen LogP contribution in [0.25, 0.3) is 0 Å². The van der Waals surface area contributed by atoms with Crippen LogP contribution in [0, 0.1) is 5.82 Å². The smallest absolute Gasteiger partial charge is 0.161 e. The first-order valence-corrected chi connectivity index (χ1v) is 7.50. The summed E-state index contributed by atoms with van der Waals surface area (Å²) in [6, 6.07) is 9.22. The molecular formula is C15H16FNO3S. The minimum absolute atomic E-state index is 0.239. The van der Waals surface area contributed by atoms with Crippen LogP contribution in [0.1, 0.15) is 5.56 Å². The lowest BCUT2D eigenvalue weighted by Crippen LogP contribution is -2.00. The van der Waals surface area contributed by atoms with Crippen LogP contribution in [-0.4, -0.2) is 18.4 Å². The molecule has 21 heavy (non-hydrogen) atoms. The number of methoxy groups -OCH3 is 2. The Labute approximate surface area is 125 Å². The molecule has 2 N–H and O–H groups in total. The number of ether oxygens (including phenoxy) is 2. The number of nitrogen functional groups attached to an aromatic ring is 1. The van der Waals surface area contributed by atoms with E-state index in [-0.39, 0.29) is 11.4 Å². The van der Waals surface area contributed by atoms with E-state index in [4.69, 9.17) is 15.2 Å². The van der Waals surface area contributed by atoms with Gasteiger partial charge in [-0.25, -0.2) is 4.39 Å². The molecule has 0 spiro atoms. The van der Waals surface area contributed by atoms with E-state index in [0.717, 1.165) is 5.56 Å². The van der Waals surface area contributed by atoms with Crippen LogP contribution < -0.4 is 15.2 Å². The van der Waals surface area contributed by atoms with Crippen LogP contribution in [0.2, 0.25) is 0 Å². The third-order valence-electron chi connectivity index (χ3n) is 2.90. The summed E-state index contributed by atoms with van der Waals surface area (Å²) in [7, 11) is 1.69. The van der Waals surface area contributed by atoms with Crippen molar-refractivity contribution in [3.8, 4) is 11.5 Å². The van der Waals surface area contributed by atoms with Gasteiger partial charge in [0.1, 0.15) is 5.82 Å². The van der Waals surface area contributed by atoms with Gasteiger partial charge in [-0.3, -0.25) is 4.21 Å². The molecule has 0 heterocycles. The monoisotopic (exact) mass is 309 g/mol. The molecule has 0 radical (unpaired) electrons. The zero-order chi connectivity index (χ0) is 15.4. The van der Waals surface area contributed by atoms with Crippen molar-refractivity contribution >= 4 is 16.5 Å². The lowest BCUT2D eigenvalue weighted by atomic mass is 10.2. The maximum Gasteiger partial charge on any atom is 0.161 e. The van der Waals surface area contributed by atoms with Crippen LogP contribution in [0.3, 0.4) is 0 Å². The topological polar surface area (TPSA) is 61.5 Å². The zero-order valence-electron chi connectivity index (χ0n) is 11.8. The number of nitrogens with two attached hydrogens (primary N) is 1. The second-order valence-electron chi connectivity index (χ2n) is 4.40. The maximum absolute atomic E-state index is 13.3. The second kappa shape index (κ2) is 6.58. The molecule has 0 aliphatic carbocycles. The molecule has 6 heteroatoms. The van der Waals surface area contributed by atoms with E-state index < -0.39 is 16.6 Å². The molecule has 1 unspecified atom stereocenters. The van der Waals surface area contributed by atoms with Crippen molar-refractivity contribution in [2.45, 2.75) is 10.6 Å². The lowest BCUT2D eigenvalue weighted by molar-refractivity contribution is 0.354. The molecule has 0 amide bonds. The molecule has 4 nitrogen and oxygen atoms in total. The molecule has 0 aliphatic heterocycles. The Morgan fingerprint density at radius 1 is 1.10 bits per heavy atom. The van der Waals surface area contributed by atoms with E-state index in [9.17, 15) is 8.60 Å². The van der Waals surface area contributed by atoms with Gasteiger partial charge in [0.2, 0.25) is 0 Å². The van der Waals surface area contributed by atoms with Crippen LogP contribution in [-0.2, 0) is 16.6 Å². The number of halogens is 1. The van der Waals surface area contributed by atoms with Crippen molar-refractivity contribution < 1.29 is 18.1 Å². The summed E-state index contributed by atoms with van der Waals surface area (Å²) in [4.78, 5) is 0.363. The number of hydrogen-bond acceptors (Lipinski definition) is 4. The standard InChI is InChI=1S/C15H16FNO3S/c1-19-14-4-3-10(5-15(14)20-2)9-21(18)13-7-11(16)6-12(17)8-13/h3-8H,9,17H2,1-2H3. The van der Waals surface area contributed by atoms with Crippen LogP contribution in [0.4, 0.5) is 10.1 Å². The van der Waals surface area contributed by atoms with Crippen molar-refractivity contribution in [2.24, 2.45) is 0 Å². The van der Waals surface area contributed by atoms with E-state index in [2.05, 4.69) is 0 Å². The summed E-state index contributed by atoms with van der Waals surface area (Å²) >= 11 is 0. The minimum atomic E-state index is -1.39. The number of rotatable bonds is 5. The van der Waals surface area contributed by atoms with Crippen molar-refractivity contribution in [3.63, 3.8) is 0 Å². The molecule has 2 aromatic carbocycles. The molecule has 1 atom stereocenters. The molecule has 0 fully saturated rings. The van der Waals surface area contributed by atoms with Gasteiger partial charge >= 0.3 is 0 Å². The Morgan fingerprint density at radius 2 is 1.81 bits per heavy atom. The Morgan fingerprint density at radius 3 is 2.43 bits per heavy atom. The Kier molecular flexibility index (Phi) is 4.80. The fourth-order valence-electron chi connectivity index (χ4n) is 1.92. The van der Waals surface area contributed by atoms with E-state index in [0.29, 0.717) is 16.4 Å². The highest BCUT2D eigenvalue weighted by molar-refractivity contribution is 7.84. The molecule has 0 saturated carbocycles. The largest absolute Gasteiger partial charge is 0.493 e. The van der Waals surface area contributed by atoms with Gasteiger partial charge in [-0.05, 0) is 35.9 Å². The zero-order valence-corrected chi connectivity index (χ0v) is 12.6. The summed E-state index contributed by atoms with van der Waals surface area (Å²) in [5.41, 5.74) is 6.62. The van der Waals surface area contributed by atoms with E-state index in [1.165, 1.54) is 25.3 Å². The molecule has 0 saturated heterocycles. The Balaban J connectivity index is 2.23. The second-order valence-corrected chi connectivity index (χ2v) is 5.85. The van der Waals surface area contributed by atoms with Crippen molar-refractivity contribution in [1.29, 1.82) is 0 Å². The summed E-state index contributed by atoms with van der Waals surface area (Å²) < 4.78 is 35.9. The third kappa shape index (κ3) is 3.72. The van der Waals surface area contributed by atoms with Gasteiger partial charge in [-0.2, -0.15) is 0 Å². The van der Waals surface area contributed by atoms with Crippen molar-refractivity contribution in [2.75, 3.05) is 20.0 Å². The molecule has 0 aliphatic rings. The normalized spacial score (nSPS) is 12.0. The highest BCUT2D eigenvalue weighted by Crippen LogP contribution is 2.28. The van der Waals surface area contributed by atoms with Crippen LogP contribution in [0.5, 0.6) is 11.5 Å². The highest BCUT2D eigenvalue weighted by atomic mass is 32.2. The average Bonchev–Trinajstić information content (AvgIpc) is 2.46. The fraction of sp³-hybridized carbons (Fsp3) is 0.200. The predicted molar refractivity (Wildman–Crippen MR) is 80.5 cm³/mol. The molecule has 0 bridgehead atoms. The molecular weight excluding hydrogens is 293 g/mol. The Hall–Kier alpha value is -2.08. The fourth-order valence-corrected chi connectivity index (χ4v) is 3.08. The lowest BCUT2D eigenvalue weighted by Gasteiger charge is -2.10. The quantitative estimate of drug-likeness (QED) is 0.863. The number of benzene rings is 2. The SMILES string of the molecule is COc1ccc(CS(=O)c2cc(N)cc(F)c2)cc1OC. The summed E-state index contributed by atoms with van der Waals surface area (Å²) in [6.07, 6.45) is 0. The van der Waals surface area contributed by atoms with Crippen molar-refractivity contribution in [1.82, 2.24) is 0 Å². The molecule has 112 valence electrons. The maximum atomic E-state index is 13.3. The van der Waals surface area contributed by atoms with Crippen LogP contribution >= 0.6 is 0 Å². The third-order valence-corrected chi connectivity index (χ3v) is 4.26. The summed E-state index contributed by atoms with van der Waals surface area (Å²) in [5.74, 6) is 0.905. The average molecular weight is 309 g/mol. The van der Waals surface area contributed by atoms with Gasteiger partial charge in [0.05, 0.1) is 30.8 Å². The van der Waals surface area contributed by atoms with E-state index in [1.807, 2.05) is 0 Å². The first kappa shape index (κ1) is 15.3. The molecule has 0 aromatic heterocycles. The summed E-state index contributed by atoms with van der Waals surface area (Å²) in [6.45, 7) is 0. The van der Waals surface area contributed by atoms with E-state index >= 15 is 0 Å². The number of hydrogen-bond donors (Lipinski definition) is 1. The van der Waals surface area contributed by atoms with Gasteiger partial charge in [0.15, 0.2) is 11.5 Å². The highest BCUT2D eigenvalue weighted by Gasteiger charge is 2.10.